The monoisotopic (exact) mass is 265 g/mol. The standard InChI is InChI=1S/C12H15N3S2/c1-8-5-10-11(13-6-8)15(12(16)14-10)7-9-3-2-4-17-9/h5-6,9H,2-4,7H2,1H3,(H,14,16). The minimum absolute atomic E-state index is 0.698. The maximum Gasteiger partial charge on any atom is 0.179 e. The van der Waals surface area contributed by atoms with E-state index in [1.807, 2.05) is 13.1 Å². The van der Waals surface area contributed by atoms with Crippen LogP contribution in [0.3, 0.4) is 0 Å². The van der Waals surface area contributed by atoms with Crippen LogP contribution in [0.2, 0.25) is 0 Å². The smallest absolute Gasteiger partial charge is 0.179 e. The van der Waals surface area contributed by atoms with Gasteiger partial charge in [-0.05, 0) is 49.4 Å². The molecule has 0 aliphatic carbocycles. The van der Waals surface area contributed by atoms with Crippen molar-refractivity contribution in [2.45, 2.75) is 31.6 Å². The zero-order chi connectivity index (χ0) is 11.8. The zero-order valence-electron chi connectivity index (χ0n) is 9.77. The number of thioether (sulfide) groups is 1. The molecule has 17 heavy (non-hydrogen) atoms. The second-order valence-corrected chi connectivity index (χ2v) is 6.35. The fraction of sp³-hybridized carbons (Fsp3) is 0.500. The van der Waals surface area contributed by atoms with Gasteiger partial charge in [-0.2, -0.15) is 11.8 Å². The van der Waals surface area contributed by atoms with Crippen molar-refractivity contribution in [3.63, 3.8) is 0 Å². The summed E-state index contributed by atoms with van der Waals surface area (Å²) in [6.07, 6.45) is 4.53. The Bertz CT molecular complexity index is 593. The summed E-state index contributed by atoms with van der Waals surface area (Å²) >= 11 is 7.44. The van der Waals surface area contributed by atoms with E-state index in [4.69, 9.17) is 12.2 Å². The van der Waals surface area contributed by atoms with Gasteiger partial charge in [-0.1, -0.05) is 0 Å². The van der Waals surface area contributed by atoms with Crippen LogP contribution in [0.1, 0.15) is 18.4 Å². The number of aryl methyl sites for hydroxylation is 1. The van der Waals surface area contributed by atoms with Crippen LogP contribution in [0.4, 0.5) is 0 Å². The topological polar surface area (TPSA) is 33.6 Å². The lowest BCUT2D eigenvalue weighted by Gasteiger charge is -2.09. The summed E-state index contributed by atoms with van der Waals surface area (Å²) in [6.45, 7) is 3.03. The first kappa shape index (κ1) is 11.3. The van der Waals surface area contributed by atoms with Crippen molar-refractivity contribution in [2.75, 3.05) is 5.75 Å². The molecule has 90 valence electrons. The molecule has 0 bridgehead atoms. The number of fused-ring (bicyclic) bond motifs is 1. The largest absolute Gasteiger partial charge is 0.329 e. The number of aromatic nitrogens is 3. The van der Waals surface area contributed by atoms with Crippen molar-refractivity contribution in [3.05, 3.63) is 22.6 Å². The van der Waals surface area contributed by atoms with Gasteiger partial charge in [0.15, 0.2) is 10.4 Å². The maximum atomic E-state index is 5.39. The molecular weight excluding hydrogens is 250 g/mol. The fourth-order valence-electron chi connectivity index (χ4n) is 2.31. The Morgan fingerprint density at radius 1 is 1.65 bits per heavy atom. The molecule has 1 aliphatic rings. The van der Waals surface area contributed by atoms with Crippen LogP contribution in [0.5, 0.6) is 0 Å². The summed E-state index contributed by atoms with van der Waals surface area (Å²) < 4.78 is 2.94. The number of pyridine rings is 1. The van der Waals surface area contributed by atoms with Crippen molar-refractivity contribution in [1.82, 2.24) is 14.5 Å². The Labute approximate surface area is 110 Å². The predicted octanol–water partition coefficient (Wildman–Crippen LogP) is 3.30. The molecule has 3 nitrogen and oxygen atoms in total. The Morgan fingerprint density at radius 3 is 3.29 bits per heavy atom. The van der Waals surface area contributed by atoms with Crippen molar-refractivity contribution >= 4 is 35.1 Å². The lowest BCUT2D eigenvalue weighted by Crippen LogP contribution is -2.10. The van der Waals surface area contributed by atoms with Crippen molar-refractivity contribution < 1.29 is 0 Å². The van der Waals surface area contributed by atoms with E-state index in [9.17, 15) is 0 Å². The van der Waals surface area contributed by atoms with Crippen molar-refractivity contribution in [1.29, 1.82) is 0 Å². The molecule has 3 heterocycles. The summed E-state index contributed by atoms with van der Waals surface area (Å²) in [5.74, 6) is 1.28. The number of rotatable bonds is 2. The van der Waals surface area contributed by atoms with Crippen LogP contribution in [0, 0.1) is 11.7 Å². The first-order valence-electron chi connectivity index (χ1n) is 5.91. The Hall–Kier alpha value is -0.810. The van der Waals surface area contributed by atoms with Gasteiger partial charge in [0.05, 0.1) is 5.52 Å². The van der Waals surface area contributed by atoms with E-state index in [2.05, 4.69) is 32.4 Å². The Morgan fingerprint density at radius 2 is 2.53 bits per heavy atom. The van der Waals surface area contributed by atoms with Gasteiger partial charge in [-0.3, -0.25) is 0 Å². The highest BCUT2D eigenvalue weighted by atomic mass is 32.2. The predicted molar refractivity (Wildman–Crippen MR) is 75.1 cm³/mol. The summed E-state index contributed by atoms with van der Waals surface area (Å²) in [4.78, 5) is 7.75. The Kier molecular flexibility index (Phi) is 2.96. The van der Waals surface area contributed by atoms with E-state index in [0.29, 0.717) is 5.25 Å². The van der Waals surface area contributed by atoms with Gasteiger partial charge in [0.1, 0.15) is 0 Å². The minimum Gasteiger partial charge on any atom is -0.329 e. The molecule has 1 aliphatic heterocycles. The third kappa shape index (κ3) is 2.13. The molecule has 2 aromatic rings. The first-order valence-corrected chi connectivity index (χ1v) is 7.36. The summed E-state index contributed by atoms with van der Waals surface area (Å²) in [5.41, 5.74) is 3.21. The molecule has 0 saturated carbocycles. The van der Waals surface area contributed by atoms with E-state index < -0.39 is 0 Å². The van der Waals surface area contributed by atoms with Gasteiger partial charge >= 0.3 is 0 Å². The molecule has 1 saturated heterocycles. The zero-order valence-corrected chi connectivity index (χ0v) is 11.4. The Balaban J connectivity index is 2.02. The molecule has 1 unspecified atom stereocenters. The second-order valence-electron chi connectivity index (χ2n) is 4.56. The summed E-state index contributed by atoms with van der Waals surface area (Å²) in [6, 6.07) is 2.11. The fourth-order valence-corrected chi connectivity index (χ4v) is 3.83. The molecule has 1 N–H and O–H groups in total. The number of imidazole rings is 1. The van der Waals surface area contributed by atoms with Gasteiger partial charge < -0.3 is 9.55 Å². The van der Waals surface area contributed by atoms with E-state index in [1.54, 1.807) is 0 Å². The molecular formula is C12H15N3S2. The van der Waals surface area contributed by atoms with Gasteiger partial charge in [0.2, 0.25) is 0 Å². The molecule has 0 amide bonds. The van der Waals surface area contributed by atoms with Gasteiger partial charge in [-0.25, -0.2) is 4.98 Å². The molecule has 2 aromatic heterocycles. The second kappa shape index (κ2) is 4.46. The number of hydrogen-bond acceptors (Lipinski definition) is 3. The van der Waals surface area contributed by atoms with Crippen LogP contribution < -0.4 is 0 Å². The third-order valence-corrected chi connectivity index (χ3v) is 4.86. The minimum atomic E-state index is 0.698. The highest BCUT2D eigenvalue weighted by Crippen LogP contribution is 2.28. The number of hydrogen-bond donors (Lipinski definition) is 1. The van der Waals surface area contributed by atoms with Crippen LogP contribution >= 0.6 is 24.0 Å². The molecule has 5 heteroatoms. The van der Waals surface area contributed by atoms with Crippen LogP contribution in [-0.4, -0.2) is 25.5 Å². The molecule has 0 spiro atoms. The lowest BCUT2D eigenvalue weighted by molar-refractivity contribution is 0.642. The van der Waals surface area contributed by atoms with E-state index >= 15 is 0 Å². The average molecular weight is 265 g/mol. The lowest BCUT2D eigenvalue weighted by atomic mass is 10.2. The van der Waals surface area contributed by atoms with Crippen LogP contribution in [-0.2, 0) is 6.54 Å². The molecule has 0 aromatic carbocycles. The molecule has 3 rings (SSSR count). The van der Waals surface area contributed by atoms with Crippen molar-refractivity contribution in [3.8, 4) is 0 Å². The van der Waals surface area contributed by atoms with Gasteiger partial charge in [0, 0.05) is 18.0 Å². The number of nitrogens with one attached hydrogen (secondary N) is 1. The first-order chi connectivity index (χ1) is 8.24. The SMILES string of the molecule is Cc1cnc2c(c1)[nH]c(=S)n2CC1CCCS1. The highest BCUT2D eigenvalue weighted by Gasteiger charge is 2.18. The van der Waals surface area contributed by atoms with Crippen LogP contribution in [0.25, 0.3) is 11.2 Å². The van der Waals surface area contributed by atoms with E-state index in [0.717, 1.165) is 28.0 Å². The van der Waals surface area contributed by atoms with Crippen LogP contribution in [0.15, 0.2) is 12.3 Å². The van der Waals surface area contributed by atoms with Crippen molar-refractivity contribution in [2.24, 2.45) is 0 Å². The van der Waals surface area contributed by atoms with E-state index in [-0.39, 0.29) is 0 Å². The quantitative estimate of drug-likeness (QED) is 0.846. The normalized spacial score (nSPS) is 20.2. The van der Waals surface area contributed by atoms with Gasteiger partial charge in [0.25, 0.3) is 0 Å². The molecule has 1 fully saturated rings. The van der Waals surface area contributed by atoms with E-state index in [1.165, 1.54) is 18.6 Å². The summed E-state index contributed by atoms with van der Waals surface area (Å²) in [5, 5.41) is 0.698. The third-order valence-electron chi connectivity index (χ3n) is 3.16. The number of nitrogens with zero attached hydrogens (tertiary/aromatic N) is 2. The molecule has 0 radical (unpaired) electrons. The number of H-pyrrole nitrogens is 1. The maximum absolute atomic E-state index is 5.39. The number of aromatic amines is 1. The highest BCUT2D eigenvalue weighted by molar-refractivity contribution is 8.00. The van der Waals surface area contributed by atoms with Gasteiger partial charge in [-0.15, -0.1) is 0 Å². The average Bonchev–Trinajstić information content (AvgIpc) is 2.88. The summed E-state index contributed by atoms with van der Waals surface area (Å²) in [7, 11) is 0. The molecule has 1 atom stereocenters.